The number of pyridine rings is 1. The Kier molecular flexibility index (Phi) is 10.2. The van der Waals surface area contributed by atoms with Crippen molar-refractivity contribution in [1.82, 2.24) is 4.98 Å². The van der Waals surface area contributed by atoms with Gasteiger partial charge in [0.1, 0.15) is 0 Å². The monoisotopic (exact) mass is 671 g/mol. The third-order valence-electron chi connectivity index (χ3n) is 7.43. The quantitative estimate of drug-likeness (QED) is 0.107. The number of ketones is 1. The fourth-order valence-corrected chi connectivity index (χ4v) is 5.18. The Hall–Kier alpha value is -2.81. The average Bonchev–Trinajstić information content (AvgIpc) is 2.90. The fourth-order valence-electron chi connectivity index (χ4n) is 5.18. The predicted molar refractivity (Wildman–Crippen MR) is 150 cm³/mol. The number of nitrogens with zero attached hydrogens (tertiary/aromatic N) is 1. The smallest absolute Gasteiger partial charge is 0.162 e. The van der Waals surface area contributed by atoms with Crippen LogP contribution in [0.1, 0.15) is 64.5 Å². The summed E-state index contributed by atoms with van der Waals surface area (Å²) in [7, 11) is 0. The maximum Gasteiger partial charge on any atom is 0.162 e. The molecule has 0 atom stereocenters. The molecule has 1 N–H and O–H groups in total. The SMILES string of the molecule is CCC(CC)C(=O)/C=C(\O)C(CC)CC.[Ir].[c-]1ccc2cccc3c2c1-c1nc2ccccc2cc1C3. The third kappa shape index (κ3) is 6.20. The van der Waals surface area contributed by atoms with Gasteiger partial charge in [-0.15, -0.1) is 29.1 Å². The van der Waals surface area contributed by atoms with E-state index in [1.807, 2.05) is 39.8 Å². The zero-order valence-electron chi connectivity index (χ0n) is 22.2. The van der Waals surface area contributed by atoms with Crippen LogP contribution in [0.5, 0.6) is 0 Å². The van der Waals surface area contributed by atoms with Crippen LogP contribution >= 0.6 is 0 Å². The Bertz CT molecular complexity index is 1400. The summed E-state index contributed by atoms with van der Waals surface area (Å²) in [4.78, 5) is 16.6. The number of benzene rings is 3. The van der Waals surface area contributed by atoms with Gasteiger partial charge in [0.15, 0.2) is 5.78 Å². The number of fused-ring (bicyclic) bond motifs is 3. The van der Waals surface area contributed by atoms with Crippen molar-refractivity contribution in [3.63, 3.8) is 0 Å². The molecule has 1 aliphatic carbocycles. The van der Waals surface area contributed by atoms with E-state index < -0.39 is 0 Å². The van der Waals surface area contributed by atoms with Crippen molar-refractivity contribution in [2.45, 2.75) is 59.8 Å². The van der Waals surface area contributed by atoms with E-state index in [1.165, 1.54) is 33.4 Å². The van der Waals surface area contributed by atoms with Crippen LogP contribution in [0.4, 0.5) is 0 Å². The first kappa shape index (κ1) is 28.8. The maximum absolute atomic E-state index is 11.7. The number of hydrogen-bond donors (Lipinski definition) is 1. The standard InChI is InChI=1S/C20H12N.C13H24O2.Ir/c1-2-10-18-14(5-1)11-16-12-15-8-3-6-13-7-4-9-17(19(13)15)20(16)21-18;1-5-10(6-2)12(14)9-13(15)11(7-3)8-4;/h1-8,10-11H,12H2;9-11,14H,5-8H2,1-4H3;/q-1;;/b;12-9-;. The molecule has 3 aromatic carbocycles. The second-order valence-corrected chi connectivity index (χ2v) is 9.60. The van der Waals surface area contributed by atoms with Gasteiger partial charge in [0.2, 0.25) is 0 Å². The molecule has 0 amide bonds. The molecule has 0 aliphatic heterocycles. The Morgan fingerprint density at radius 1 is 0.919 bits per heavy atom. The van der Waals surface area contributed by atoms with Crippen LogP contribution in [-0.2, 0) is 31.3 Å². The van der Waals surface area contributed by atoms with E-state index in [2.05, 4.69) is 54.6 Å². The largest absolute Gasteiger partial charge is 0.512 e. The van der Waals surface area contributed by atoms with Gasteiger partial charge in [-0.05, 0) is 49.3 Å². The van der Waals surface area contributed by atoms with Gasteiger partial charge in [0, 0.05) is 38.0 Å². The van der Waals surface area contributed by atoms with Crippen molar-refractivity contribution in [3.8, 4) is 11.3 Å². The minimum atomic E-state index is 0. The van der Waals surface area contributed by atoms with Gasteiger partial charge in [-0.25, -0.2) is 0 Å². The average molecular weight is 671 g/mol. The van der Waals surface area contributed by atoms with Crippen LogP contribution in [0.3, 0.4) is 0 Å². The molecule has 1 aromatic heterocycles. The van der Waals surface area contributed by atoms with Gasteiger partial charge < -0.3 is 5.11 Å². The number of hydrogen-bond acceptors (Lipinski definition) is 3. The van der Waals surface area contributed by atoms with Gasteiger partial charge in [0.25, 0.3) is 0 Å². The van der Waals surface area contributed by atoms with Crippen LogP contribution in [0.2, 0.25) is 0 Å². The Morgan fingerprint density at radius 3 is 2.30 bits per heavy atom. The van der Waals surface area contributed by atoms with Gasteiger partial charge in [0.05, 0.1) is 11.3 Å². The number of rotatable bonds is 7. The number of aliphatic hydroxyl groups excluding tert-OH is 1. The molecular formula is C33H36IrNO2-. The Labute approximate surface area is 234 Å². The molecule has 0 saturated carbocycles. The summed E-state index contributed by atoms with van der Waals surface area (Å²) >= 11 is 0. The van der Waals surface area contributed by atoms with Crippen molar-refractivity contribution in [2.24, 2.45) is 11.8 Å². The summed E-state index contributed by atoms with van der Waals surface area (Å²) in [5, 5.41) is 13.6. The normalized spacial score (nSPS) is 12.2. The van der Waals surface area contributed by atoms with Gasteiger partial charge in [-0.2, -0.15) is 0 Å². The minimum absolute atomic E-state index is 0. The van der Waals surface area contributed by atoms with Crippen LogP contribution in [0, 0.1) is 17.9 Å². The summed E-state index contributed by atoms with van der Waals surface area (Å²) < 4.78 is 0. The van der Waals surface area contributed by atoms with E-state index in [1.54, 1.807) is 0 Å². The van der Waals surface area contributed by atoms with Gasteiger partial charge >= 0.3 is 0 Å². The van der Waals surface area contributed by atoms with Crippen LogP contribution < -0.4 is 0 Å². The topological polar surface area (TPSA) is 50.2 Å². The third-order valence-corrected chi connectivity index (χ3v) is 7.43. The molecule has 4 aromatic rings. The van der Waals surface area contributed by atoms with Crippen LogP contribution in [-0.4, -0.2) is 15.9 Å². The molecule has 37 heavy (non-hydrogen) atoms. The second kappa shape index (κ2) is 13.1. The number of carbonyl (C=O) groups is 1. The second-order valence-electron chi connectivity index (χ2n) is 9.60. The van der Waals surface area contributed by atoms with Gasteiger partial charge in [-0.1, -0.05) is 86.7 Å². The van der Waals surface area contributed by atoms with Crippen molar-refractivity contribution >= 4 is 27.5 Å². The molecule has 0 saturated heterocycles. The molecular weight excluding hydrogens is 635 g/mol. The molecule has 1 aliphatic rings. The van der Waals surface area contributed by atoms with Crippen molar-refractivity contribution in [3.05, 3.63) is 89.7 Å². The van der Waals surface area contributed by atoms with Crippen molar-refractivity contribution < 1.29 is 30.0 Å². The Morgan fingerprint density at radius 2 is 1.59 bits per heavy atom. The molecule has 0 spiro atoms. The van der Waals surface area contributed by atoms with E-state index >= 15 is 0 Å². The minimum Gasteiger partial charge on any atom is -0.512 e. The first-order chi connectivity index (χ1) is 17.5. The number of carbonyl (C=O) groups excluding carboxylic acids is 1. The van der Waals surface area contributed by atoms with E-state index in [9.17, 15) is 9.90 Å². The first-order valence-electron chi connectivity index (χ1n) is 13.3. The van der Waals surface area contributed by atoms with Gasteiger partial charge in [-0.3, -0.25) is 9.78 Å². The van der Waals surface area contributed by atoms with Crippen molar-refractivity contribution in [2.75, 3.05) is 0 Å². The molecule has 3 nitrogen and oxygen atoms in total. The maximum atomic E-state index is 11.7. The number of para-hydroxylation sites is 1. The van der Waals surface area contributed by atoms with Crippen LogP contribution in [0.25, 0.3) is 32.9 Å². The zero-order chi connectivity index (χ0) is 25.7. The fraction of sp³-hybridized carbons (Fsp3) is 0.333. The molecule has 1 radical (unpaired) electrons. The molecule has 0 unspecified atom stereocenters. The number of allylic oxidation sites excluding steroid dienone is 2. The first-order valence-corrected chi connectivity index (χ1v) is 13.3. The molecule has 5 rings (SSSR count). The molecule has 0 fully saturated rings. The molecule has 1 heterocycles. The van der Waals surface area contributed by atoms with E-state index in [4.69, 9.17) is 4.98 Å². The predicted octanol–water partition coefficient (Wildman–Crippen LogP) is 8.63. The summed E-state index contributed by atoms with van der Waals surface area (Å²) in [5.41, 5.74) is 5.98. The summed E-state index contributed by atoms with van der Waals surface area (Å²) in [5.74, 6) is 0.547. The Balaban J connectivity index is 0.000000214. The van der Waals surface area contributed by atoms with E-state index in [0.717, 1.165) is 48.9 Å². The van der Waals surface area contributed by atoms with E-state index in [0.29, 0.717) is 0 Å². The molecule has 4 heteroatoms. The van der Waals surface area contributed by atoms with Crippen LogP contribution in [0.15, 0.2) is 72.5 Å². The molecule has 195 valence electrons. The number of aliphatic hydroxyl groups is 1. The molecule has 0 bridgehead atoms. The summed E-state index contributed by atoms with van der Waals surface area (Å²) in [6.07, 6.45) is 5.86. The van der Waals surface area contributed by atoms with E-state index in [-0.39, 0.29) is 43.5 Å². The summed E-state index contributed by atoms with van der Waals surface area (Å²) in [6.45, 7) is 8.07. The summed E-state index contributed by atoms with van der Waals surface area (Å²) in [6, 6.07) is 24.7. The van der Waals surface area contributed by atoms with Crippen molar-refractivity contribution in [1.29, 1.82) is 0 Å². The zero-order valence-corrected chi connectivity index (χ0v) is 24.6. The number of aromatic nitrogens is 1.